The average molecular weight is 287 g/mol. The molecule has 0 saturated heterocycles. The van der Waals surface area contributed by atoms with Gasteiger partial charge in [-0.05, 0) is 62.5 Å². The van der Waals surface area contributed by atoms with E-state index in [1.54, 1.807) is 0 Å². The van der Waals surface area contributed by atoms with Crippen LogP contribution < -0.4 is 5.32 Å². The van der Waals surface area contributed by atoms with Crippen LogP contribution in [0, 0.1) is 18.3 Å². The van der Waals surface area contributed by atoms with Crippen LogP contribution in [0.1, 0.15) is 64.0 Å². The SMILES string of the molecule is CCC(C)(C)C1CCC(NCCc2cccc(C)c2)CC1. The standard InChI is InChI=1S/C20H33N/c1-5-20(3,4)18-9-11-19(12-10-18)21-14-13-17-8-6-7-16(2)15-17/h6-8,15,18-19,21H,5,9-14H2,1-4H3. The molecule has 118 valence electrons. The maximum absolute atomic E-state index is 3.78. The molecular formula is C20H33N. The fourth-order valence-corrected chi connectivity index (χ4v) is 3.66. The van der Waals surface area contributed by atoms with Gasteiger partial charge in [-0.2, -0.15) is 0 Å². The Morgan fingerprint density at radius 3 is 2.48 bits per heavy atom. The second kappa shape index (κ2) is 7.45. The molecule has 0 aromatic heterocycles. The predicted molar refractivity (Wildman–Crippen MR) is 92.7 cm³/mol. The third-order valence-corrected chi connectivity index (χ3v) is 5.67. The van der Waals surface area contributed by atoms with Crippen LogP contribution in [0.15, 0.2) is 24.3 Å². The van der Waals surface area contributed by atoms with Crippen LogP contribution in [0.3, 0.4) is 0 Å². The Labute approximate surface area is 131 Å². The van der Waals surface area contributed by atoms with Gasteiger partial charge in [0.1, 0.15) is 0 Å². The molecule has 2 rings (SSSR count). The lowest BCUT2D eigenvalue weighted by molar-refractivity contribution is 0.137. The quantitative estimate of drug-likeness (QED) is 0.765. The second-order valence-corrected chi connectivity index (χ2v) is 7.58. The highest BCUT2D eigenvalue weighted by Gasteiger charge is 2.31. The molecule has 0 unspecified atom stereocenters. The summed E-state index contributed by atoms with van der Waals surface area (Å²) in [7, 11) is 0. The fraction of sp³-hybridized carbons (Fsp3) is 0.700. The van der Waals surface area contributed by atoms with E-state index < -0.39 is 0 Å². The summed E-state index contributed by atoms with van der Waals surface area (Å²) in [5.41, 5.74) is 3.37. The largest absolute Gasteiger partial charge is 0.314 e. The van der Waals surface area contributed by atoms with Crippen molar-refractivity contribution in [1.82, 2.24) is 5.32 Å². The molecule has 0 amide bonds. The molecule has 1 saturated carbocycles. The highest BCUT2D eigenvalue weighted by Crippen LogP contribution is 2.40. The lowest BCUT2D eigenvalue weighted by Gasteiger charge is -2.39. The van der Waals surface area contributed by atoms with Crippen molar-refractivity contribution in [2.24, 2.45) is 11.3 Å². The van der Waals surface area contributed by atoms with Crippen LogP contribution in [0.25, 0.3) is 0 Å². The number of hydrogen-bond donors (Lipinski definition) is 1. The molecule has 1 N–H and O–H groups in total. The van der Waals surface area contributed by atoms with Gasteiger partial charge in [0.25, 0.3) is 0 Å². The van der Waals surface area contributed by atoms with E-state index in [0.717, 1.165) is 24.9 Å². The van der Waals surface area contributed by atoms with E-state index in [-0.39, 0.29) is 0 Å². The van der Waals surface area contributed by atoms with Gasteiger partial charge in [0.2, 0.25) is 0 Å². The van der Waals surface area contributed by atoms with Crippen molar-refractivity contribution >= 4 is 0 Å². The van der Waals surface area contributed by atoms with Gasteiger partial charge in [0.15, 0.2) is 0 Å². The molecule has 1 fully saturated rings. The van der Waals surface area contributed by atoms with Gasteiger partial charge < -0.3 is 5.32 Å². The number of benzene rings is 1. The van der Waals surface area contributed by atoms with E-state index in [1.807, 2.05) is 0 Å². The zero-order valence-corrected chi connectivity index (χ0v) is 14.4. The Balaban J connectivity index is 1.70. The maximum Gasteiger partial charge on any atom is 0.00674 e. The Hall–Kier alpha value is -0.820. The lowest BCUT2D eigenvalue weighted by atomic mass is 9.69. The van der Waals surface area contributed by atoms with E-state index >= 15 is 0 Å². The molecule has 0 spiro atoms. The Morgan fingerprint density at radius 1 is 1.14 bits per heavy atom. The monoisotopic (exact) mass is 287 g/mol. The highest BCUT2D eigenvalue weighted by atomic mass is 14.9. The van der Waals surface area contributed by atoms with Gasteiger partial charge in [-0.15, -0.1) is 0 Å². The average Bonchev–Trinajstić information content (AvgIpc) is 2.48. The Kier molecular flexibility index (Phi) is 5.87. The van der Waals surface area contributed by atoms with Gasteiger partial charge in [-0.25, -0.2) is 0 Å². The molecule has 1 nitrogen and oxygen atoms in total. The minimum Gasteiger partial charge on any atom is -0.314 e. The van der Waals surface area contributed by atoms with Crippen LogP contribution >= 0.6 is 0 Å². The summed E-state index contributed by atoms with van der Waals surface area (Å²) in [6.07, 6.45) is 8.00. The fourth-order valence-electron chi connectivity index (χ4n) is 3.66. The van der Waals surface area contributed by atoms with Crippen LogP contribution in [0.4, 0.5) is 0 Å². The minimum absolute atomic E-state index is 0.534. The first kappa shape index (κ1) is 16.5. The number of nitrogens with one attached hydrogen (secondary N) is 1. The van der Waals surface area contributed by atoms with Gasteiger partial charge in [-0.3, -0.25) is 0 Å². The third kappa shape index (κ3) is 4.85. The van der Waals surface area contributed by atoms with Gasteiger partial charge >= 0.3 is 0 Å². The summed E-state index contributed by atoms with van der Waals surface area (Å²) < 4.78 is 0. The van der Waals surface area contributed by atoms with E-state index in [4.69, 9.17) is 0 Å². The van der Waals surface area contributed by atoms with Crippen molar-refractivity contribution < 1.29 is 0 Å². The molecular weight excluding hydrogens is 254 g/mol. The van der Waals surface area contributed by atoms with Crippen molar-refractivity contribution in [3.63, 3.8) is 0 Å². The molecule has 1 aliphatic carbocycles. The normalized spacial score (nSPS) is 23.2. The Bertz CT molecular complexity index is 427. The van der Waals surface area contributed by atoms with E-state index in [1.165, 1.54) is 43.2 Å². The van der Waals surface area contributed by atoms with Crippen molar-refractivity contribution in [1.29, 1.82) is 0 Å². The van der Waals surface area contributed by atoms with Gasteiger partial charge in [0.05, 0.1) is 0 Å². The number of aryl methyl sites for hydroxylation is 1. The summed E-state index contributed by atoms with van der Waals surface area (Å²) in [6, 6.07) is 9.65. The molecule has 1 heteroatoms. The number of hydrogen-bond acceptors (Lipinski definition) is 1. The molecule has 21 heavy (non-hydrogen) atoms. The highest BCUT2D eigenvalue weighted by molar-refractivity contribution is 5.22. The molecule has 0 aliphatic heterocycles. The van der Waals surface area contributed by atoms with Crippen molar-refractivity contribution in [2.75, 3.05) is 6.54 Å². The molecule has 0 atom stereocenters. The van der Waals surface area contributed by atoms with Gasteiger partial charge in [-0.1, -0.05) is 57.0 Å². The van der Waals surface area contributed by atoms with Crippen LogP contribution in [-0.2, 0) is 6.42 Å². The molecule has 0 radical (unpaired) electrons. The second-order valence-electron chi connectivity index (χ2n) is 7.58. The molecule has 1 aliphatic rings. The van der Waals surface area contributed by atoms with Crippen LogP contribution in [-0.4, -0.2) is 12.6 Å². The van der Waals surface area contributed by atoms with Crippen LogP contribution in [0.2, 0.25) is 0 Å². The van der Waals surface area contributed by atoms with E-state index in [0.29, 0.717) is 5.41 Å². The van der Waals surface area contributed by atoms with Crippen molar-refractivity contribution in [3.05, 3.63) is 35.4 Å². The molecule has 1 aromatic rings. The van der Waals surface area contributed by atoms with Gasteiger partial charge in [0, 0.05) is 6.04 Å². The topological polar surface area (TPSA) is 12.0 Å². The Morgan fingerprint density at radius 2 is 1.86 bits per heavy atom. The van der Waals surface area contributed by atoms with Crippen LogP contribution in [0.5, 0.6) is 0 Å². The third-order valence-electron chi connectivity index (χ3n) is 5.67. The zero-order chi connectivity index (χ0) is 15.3. The lowest BCUT2D eigenvalue weighted by Crippen LogP contribution is -2.37. The van der Waals surface area contributed by atoms with E-state index in [2.05, 4.69) is 57.3 Å². The summed E-state index contributed by atoms with van der Waals surface area (Å²) in [5.74, 6) is 0.928. The van der Waals surface area contributed by atoms with E-state index in [9.17, 15) is 0 Å². The first-order chi connectivity index (χ1) is 10.0. The van der Waals surface area contributed by atoms with Crippen molar-refractivity contribution in [3.8, 4) is 0 Å². The molecule has 1 aromatic carbocycles. The first-order valence-electron chi connectivity index (χ1n) is 8.80. The summed E-state index contributed by atoms with van der Waals surface area (Å²) >= 11 is 0. The summed E-state index contributed by atoms with van der Waals surface area (Å²) in [5, 5.41) is 3.78. The minimum atomic E-state index is 0.534. The molecule has 0 bridgehead atoms. The molecule has 0 heterocycles. The first-order valence-corrected chi connectivity index (χ1v) is 8.80. The van der Waals surface area contributed by atoms with Crippen molar-refractivity contribution in [2.45, 2.75) is 72.3 Å². The smallest absolute Gasteiger partial charge is 0.00674 e. The number of rotatable bonds is 6. The zero-order valence-electron chi connectivity index (χ0n) is 14.4. The summed E-state index contributed by atoms with van der Waals surface area (Å²) in [6.45, 7) is 10.5. The summed E-state index contributed by atoms with van der Waals surface area (Å²) in [4.78, 5) is 0. The maximum atomic E-state index is 3.78. The predicted octanol–water partition coefficient (Wildman–Crippen LogP) is 5.12.